The van der Waals surface area contributed by atoms with Gasteiger partial charge in [-0.15, -0.1) is 0 Å². The van der Waals surface area contributed by atoms with Gasteiger partial charge in [0.05, 0.1) is 26.2 Å². The number of aromatic nitrogens is 2. The molecule has 2 aromatic carbocycles. The highest BCUT2D eigenvalue weighted by Crippen LogP contribution is 2.35. The van der Waals surface area contributed by atoms with Crippen LogP contribution in [-0.2, 0) is 4.79 Å². The first-order chi connectivity index (χ1) is 15.0. The Labute approximate surface area is 180 Å². The van der Waals surface area contributed by atoms with Crippen LogP contribution in [0.25, 0.3) is 11.4 Å². The summed E-state index contributed by atoms with van der Waals surface area (Å²) in [5.41, 5.74) is 1.54. The van der Waals surface area contributed by atoms with E-state index in [0.29, 0.717) is 41.9 Å². The van der Waals surface area contributed by atoms with Crippen molar-refractivity contribution in [1.29, 1.82) is 0 Å². The van der Waals surface area contributed by atoms with Gasteiger partial charge in [-0.25, -0.2) is 0 Å². The van der Waals surface area contributed by atoms with Crippen LogP contribution in [0.3, 0.4) is 0 Å². The zero-order valence-corrected chi connectivity index (χ0v) is 18.0. The number of carbonyl (C=O) groups is 1. The molecule has 0 spiro atoms. The normalized spacial score (nSPS) is 16.1. The number of ether oxygens (including phenoxy) is 3. The van der Waals surface area contributed by atoms with Crippen LogP contribution < -0.4 is 19.1 Å². The number of rotatable bonds is 7. The lowest BCUT2D eigenvalue weighted by atomic mass is 10.1. The second-order valence-electron chi connectivity index (χ2n) is 7.60. The molecule has 1 aliphatic heterocycles. The Bertz CT molecular complexity index is 1080. The van der Waals surface area contributed by atoms with E-state index < -0.39 is 0 Å². The molecule has 1 amide bonds. The standard InChI is InChI=1S/C23H25N3O5/c1-14(2)30-19-9-8-15(10-20(19)29-4)22-24-23(31-25-22)16-11-21(27)26(13-16)17-6-5-7-18(12-17)28-3/h5-10,12,14,16H,11,13H2,1-4H3. The predicted molar refractivity (Wildman–Crippen MR) is 115 cm³/mol. The van der Waals surface area contributed by atoms with Gasteiger partial charge in [-0.05, 0) is 44.2 Å². The Morgan fingerprint density at radius 1 is 1.10 bits per heavy atom. The summed E-state index contributed by atoms with van der Waals surface area (Å²) in [6.45, 7) is 4.38. The molecule has 31 heavy (non-hydrogen) atoms. The molecule has 1 aromatic heterocycles. The predicted octanol–water partition coefficient (Wildman–Crippen LogP) is 4.06. The molecule has 1 fully saturated rings. The third-order valence-corrected chi connectivity index (χ3v) is 5.07. The summed E-state index contributed by atoms with van der Waals surface area (Å²) in [6, 6.07) is 12.9. The Morgan fingerprint density at radius 3 is 2.68 bits per heavy atom. The van der Waals surface area contributed by atoms with Gasteiger partial charge in [-0.3, -0.25) is 4.79 Å². The maximum absolute atomic E-state index is 12.6. The lowest BCUT2D eigenvalue weighted by Gasteiger charge is -2.16. The number of nitrogens with zero attached hydrogens (tertiary/aromatic N) is 3. The molecule has 8 nitrogen and oxygen atoms in total. The van der Waals surface area contributed by atoms with Crippen LogP contribution in [0.2, 0.25) is 0 Å². The van der Waals surface area contributed by atoms with Crippen molar-refractivity contribution in [3.05, 3.63) is 48.4 Å². The van der Waals surface area contributed by atoms with Crippen LogP contribution in [0.1, 0.15) is 32.1 Å². The third-order valence-electron chi connectivity index (χ3n) is 5.07. The van der Waals surface area contributed by atoms with E-state index in [9.17, 15) is 4.79 Å². The SMILES string of the molecule is COc1cccc(N2CC(c3nc(-c4ccc(OC(C)C)c(OC)c4)no3)CC2=O)c1. The summed E-state index contributed by atoms with van der Waals surface area (Å²) < 4.78 is 22.0. The molecule has 1 atom stereocenters. The van der Waals surface area contributed by atoms with Gasteiger partial charge < -0.3 is 23.6 Å². The fourth-order valence-corrected chi connectivity index (χ4v) is 3.58. The summed E-state index contributed by atoms with van der Waals surface area (Å²) in [7, 11) is 3.19. The summed E-state index contributed by atoms with van der Waals surface area (Å²) in [4.78, 5) is 18.9. The number of hydrogen-bond donors (Lipinski definition) is 0. The number of amides is 1. The summed E-state index contributed by atoms with van der Waals surface area (Å²) in [5, 5.41) is 4.11. The van der Waals surface area contributed by atoms with E-state index >= 15 is 0 Å². The van der Waals surface area contributed by atoms with Gasteiger partial charge in [-0.2, -0.15) is 4.98 Å². The monoisotopic (exact) mass is 423 g/mol. The average Bonchev–Trinajstić information content (AvgIpc) is 3.40. The fourth-order valence-electron chi connectivity index (χ4n) is 3.58. The minimum Gasteiger partial charge on any atom is -0.497 e. The highest BCUT2D eigenvalue weighted by molar-refractivity contribution is 5.96. The minimum atomic E-state index is -0.176. The highest BCUT2D eigenvalue weighted by atomic mass is 16.5. The van der Waals surface area contributed by atoms with Crippen molar-refractivity contribution in [2.24, 2.45) is 0 Å². The molecule has 1 saturated heterocycles. The van der Waals surface area contributed by atoms with Crippen molar-refractivity contribution in [3.63, 3.8) is 0 Å². The van der Waals surface area contributed by atoms with Gasteiger partial charge in [0.1, 0.15) is 5.75 Å². The Hall–Kier alpha value is -3.55. The van der Waals surface area contributed by atoms with E-state index in [4.69, 9.17) is 18.7 Å². The van der Waals surface area contributed by atoms with E-state index in [2.05, 4.69) is 10.1 Å². The van der Waals surface area contributed by atoms with Crippen LogP contribution >= 0.6 is 0 Å². The molecule has 8 heteroatoms. The summed E-state index contributed by atoms with van der Waals surface area (Å²) in [5.74, 6) is 2.66. The van der Waals surface area contributed by atoms with Crippen LogP contribution in [0, 0.1) is 0 Å². The first-order valence-corrected chi connectivity index (χ1v) is 10.1. The molecule has 0 saturated carbocycles. The zero-order valence-electron chi connectivity index (χ0n) is 18.0. The Morgan fingerprint density at radius 2 is 1.94 bits per heavy atom. The quantitative estimate of drug-likeness (QED) is 0.566. The van der Waals surface area contributed by atoms with E-state index in [1.54, 1.807) is 19.1 Å². The second-order valence-corrected chi connectivity index (χ2v) is 7.60. The number of carbonyl (C=O) groups excluding carboxylic acids is 1. The lowest BCUT2D eigenvalue weighted by Crippen LogP contribution is -2.24. The number of benzene rings is 2. The average molecular weight is 423 g/mol. The first kappa shape index (κ1) is 20.7. The molecular formula is C23H25N3O5. The smallest absolute Gasteiger partial charge is 0.232 e. The van der Waals surface area contributed by atoms with Crippen LogP contribution in [0.5, 0.6) is 17.2 Å². The van der Waals surface area contributed by atoms with Crippen LogP contribution in [-0.4, -0.2) is 42.9 Å². The van der Waals surface area contributed by atoms with Gasteiger partial charge in [-0.1, -0.05) is 11.2 Å². The zero-order chi connectivity index (χ0) is 22.0. The maximum Gasteiger partial charge on any atom is 0.232 e. The topological polar surface area (TPSA) is 86.9 Å². The molecule has 1 aliphatic rings. The van der Waals surface area contributed by atoms with E-state index in [1.165, 1.54) is 0 Å². The van der Waals surface area contributed by atoms with Crippen molar-refractivity contribution in [3.8, 4) is 28.6 Å². The van der Waals surface area contributed by atoms with E-state index in [-0.39, 0.29) is 17.9 Å². The van der Waals surface area contributed by atoms with Crippen molar-refractivity contribution in [2.45, 2.75) is 32.3 Å². The third kappa shape index (κ3) is 4.33. The first-order valence-electron chi connectivity index (χ1n) is 10.1. The molecule has 0 N–H and O–H groups in total. The molecular weight excluding hydrogens is 398 g/mol. The van der Waals surface area contributed by atoms with Crippen LogP contribution in [0.15, 0.2) is 47.0 Å². The van der Waals surface area contributed by atoms with Crippen molar-refractivity contribution in [1.82, 2.24) is 10.1 Å². The molecule has 3 aromatic rings. The fraction of sp³-hybridized carbons (Fsp3) is 0.348. The molecule has 4 rings (SSSR count). The van der Waals surface area contributed by atoms with Gasteiger partial charge in [0.2, 0.25) is 17.6 Å². The lowest BCUT2D eigenvalue weighted by molar-refractivity contribution is -0.117. The molecule has 162 valence electrons. The van der Waals surface area contributed by atoms with Gasteiger partial charge in [0.15, 0.2) is 11.5 Å². The van der Waals surface area contributed by atoms with Crippen molar-refractivity contribution >= 4 is 11.6 Å². The van der Waals surface area contributed by atoms with Crippen molar-refractivity contribution in [2.75, 3.05) is 25.7 Å². The molecule has 0 bridgehead atoms. The Balaban J connectivity index is 1.53. The minimum absolute atomic E-state index is 0.00913. The molecule has 2 heterocycles. The van der Waals surface area contributed by atoms with Gasteiger partial charge >= 0.3 is 0 Å². The van der Waals surface area contributed by atoms with Crippen molar-refractivity contribution < 1.29 is 23.5 Å². The van der Waals surface area contributed by atoms with E-state index in [0.717, 1.165) is 11.3 Å². The second kappa shape index (κ2) is 8.67. The van der Waals surface area contributed by atoms with E-state index in [1.807, 2.05) is 56.3 Å². The molecule has 1 unspecified atom stereocenters. The number of hydrogen-bond acceptors (Lipinski definition) is 7. The molecule has 0 aliphatic carbocycles. The maximum atomic E-state index is 12.6. The summed E-state index contributed by atoms with van der Waals surface area (Å²) >= 11 is 0. The number of methoxy groups -OCH3 is 2. The van der Waals surface area contributed by atoms with Gasteiger partial charge in [0.25, 0.3) is 0 Å². The number of anilines is 1. The largest absolute Gasteiger partial charge is 0.497 e. The van der Waals surface area contributed by atoms with Crippen LogP contribution in [0.4, 0.5) is 5.69 Å². The highest BCUT2D eigenvalue weighted by Gasteiger charge is 2.35. The molecule has 0 radical (unpaired) electrons. The van der Waals surface area contributed by atoms with Gasteiger partial charge in [0, 0.05) is 30.3 Å². The summed E-state index contributed by atoms with van der Waals surface area (Å²) in [6.07, 6.45) is 0.340. The Kier molecular flexibility index (Phi) is 5.79.